The summed E-state index contributed by atoms with van der Waals surface area (Å²) < 4.78 is 1.67. The van der Waals surface area contributed by atoms with E-state index in [9.17, 15) is 4.79 Å². The van der Waals surface area contributed by atoms with Crippen LogP contribution in [-0.4, -0.2) is 20.9 Å². The summed E-state index contributed by atoms with van der Waals surface area (Å²) in [5, 5.41) is 15.0. The molecule has 0 bridgehead atoms. The van der Waals surface area contributed by atoms with Gasteiger partial charge in [-0.2, -0.15) is 5.10 Å². The Hall–Kier alpha value is -2.44. The molecule has 23 heavy (non-hydrogen) atoms. The van der Waals surface area contributed by atoms with Crippen molar-refractivity contribution in [2.45, 2.75) is 0 Å². The van der Waals surface area contributed by atoms with Crippen LogP contribution in [0.15, 0.2) is 53.5 Å². The van der Waals surface area contributed by atoms with Crippen LogP contribution >= 0.6 is 22.9 Å². The molecule has 116 valence electrons. The summed E-state index contributed by atoms with van der Waals surface area (Å²) in [6, 6.07) is 13.9. The molecule has 0 unspecified atom stereocenters. The molecular weight excluding hydrogens is 334 g/mol. The molecule has 0 amide bonds. The number of hydrogen-bond donors (Lipinski definition) is 1. The summed E-state index contributed by atoms with van der Waals surface area (Å²) in [6.07, 6.45) is 0. The van der Waals surface area contributed by atoms with Gasteiger partial charge in [0.1, 0.15) is 5.01 Å². The molecule has 1 N–H and O–H groups in total. The molecule has 1 aromatic heterocycles. The number of halogens is 1. The fourth-order valence-corrected chi connectivity index (χ4v) is 3.02. The van der Waals surface area contributed by atoms with Crippen molar-refractivity contribution in [3.8, 4) is 10.6 Å². The lowest BCUT2D eigenvalue weighted by Gasteiger charge is -1.95. The van der Waals surface area contributed by atoms with Crippen molar-refractivity contribution in [2.75, 3.05) is 0 Å². The molecule has 2 aromatic carbocycles. The molecule has 0 spiro atoms. The number of aromatic carboxylic acids is 1. The quantitative estimate of drug-likeness (QED) is 0.786. The molecular formula is C16H12ClN3O2S. The van der Waals surface area contributed by atoms with Crippen molar-refractivity contribution < 1.29 is 9.90 Å². The van der Waals surface area contributed by atoms with Crippen molar-refractivity contribution in [3.05, 3.63) is 63.9 Å². The molecule has 7 heteroatoms. The highest BCUT2D eigenvalue weighted by Gasteiger charge is 2.06. The number of aromatic nitrogens is 2. The number of carboxylic acids is 1. The van der Waals surface area contributed by atoms with Crippen molar-refractivity contribution in [1.82, 2.24) is 9.78 Å². The maximum atomic E-state index is 11.0. The van der Waals surface area contributed by atoms with Gasteiger partial charge in [0.25, 0.3) is 0 Å². The average molecular weight is 346 g/mol. The summed E-state index contributed by atoms with van der Waals surface area (Å²) in [5.41, 5.74) is 1.74. The highest BCUT2D eigenvalue weighted by molar-refractivity contribution is 7.12. The van der Waals surface area contributed by atoms with E-state index in [2.05, 4.69) is 10.1 Å². The molecule has 0 fully saturated rings. The second-order valence-corrected chi connectivity index (χ2v) is 6.18. The molecule has 0 saturated carbocycles. The minimum atomic E-state index is -0.974. The summed E-state index contributed by atoms with van der Waals surface area (Å²) >= 11 is 7.32. The van der Waals surface area contributed by atoms with Crippen molar-refractivity contribution in [3.63, 3.8) is 0 Å². The molecule has 1 heterocycles. The minimum Gasteiger partial charge on any atom is -0.478 e. The number of rotatable bonds is 3. The van der Waals surface area contributed by atoms with Gasteiger partial charge in [0.15, 0.2) is 0 Å². The summed E-state index contributed by atoms with van der Waals surface area (Å²) in [5.74, 6) is -0.974. The average Bonchev–Trinajstić information content (AvgIpc) is 2.89. The Labute approximate surface area is 141 Å². The topological polar surface area (TPSA) is 67.5 Å². The molecule has 5 nitrogen and oxygen atoms in total. The van der Waals surface area contributed by atoms with Gasteiger partial charge in [-0.3, -0.25) is 0 Å². The smallest absolute Gasteiger partial charge is 0.335 e. The number of nitrogens with zero attached hydrogens (tertiary/aromatic N) is 3. The van der Waals surface area contributed by atoms with Gasteiger partial charge < -0.3 is 5.11 Å². The van der Waals surface area contributed by atoms with Crippen molar-refractivity contribution in [1.29, 1.82) is 0 Å². The third kappa shape index (κ3) is 3.49. The highest BCUT2D eigenvalue weighted by Crippen LogP contribution is 2.22. The second kappa shape index (κ2) is 6.36. The number of carbonyl (C=O) groups is 1. The fraction of sp³-hybridized carbons (Fsp3) is 0.0625. The SMILES string of the molecule is Cn1nc(-c2ccc(Cl)cc2)sc1=Nc1cccc(C(=O)O)c1. The van der Waals surface area contributed by atoms with E-state index in [4.69, 9.17) is 16.7 Å². The first-order valence-electron chi connectivity index (χ1n) is 6.71. The van der Waals surface area contributed by atoms with Crippen LogP contribution in [0.5, 0.6) is 0 Å². The van der Waals surface area contributed by atoms with Crippen molar-refractivity contribution >= 4 is 34.6 Å². The van der Waals surface area contributed by atoms with Gasteiger partial charge in [-0.05, 0) is 30.3 Å². The Kier molecular flexibility index (Phi) is 4.27. The van der Waals surface area contributed by atoms with E-state index >= 15 is 0 Å². The Morgan fingerprint density at radius 2 is 2.00 bits per heavy atom. The fourth-order valence-electron chi connectivity index (χ4n) is 1.98. The molecule has 0 radical (unpaired) electrons. The van der Waals surface area contributed by atoms with Gasteiger partial charge in [0.2, 0.25) is 4.80 Å². The number of carboxylic acid groups (broad SMARTS) is 1. The second-order valence-electron chi connectivity index (χ2n) is 4.79. The number of hydrogen-bond acceptors (Lipinski definition) is 4. The molecule has 0 aliphatic rings. The molecule has 3 rings (SSSR count). The van der Waals surface area contributed by atoms with Crippen LogP contribution in [0.4, 0.5) is 5.69 Å². The van der Waals surface area contributed by atoms with Gasteiger partial charge in [-0.15, -0.1) is 0 Å². The maximum absolute atomic E-state index is 11.0. The summed E-state index contributed by atoms with van der Waals surface area (Å²) in [6.45, 7) is 0. The predicted octanol–water partition coefficient (Wildman–Crippen LogP) is 3.73. The van der Waals surface area contributed by atoms with Crippen LogP contribution in [0.25, 0.3) is 10.6 Å². The van der Waals surface area contributed by atoms with E-state index in [1.165, 1.54) is 23.5 Å². The minimum absolute atomic E-state index is 0.205. The van der Waals surface area contributed by atoms with Crippen molar-refractivity contribution in [2.24, 2.45) is 12.0 Å². The van der Waals surface area contributed by atoms with E-state index < -0.39 is 5.97 Å². The maximum Gasteiger partial charge on any atom is 0.335 e. The Balaban J connectivity index is 2.02. The number of benzene rings is 2. The normalized spacial score (nSPS) is 11.7. The van der Waals surface area contributed by atoms with Gasteiger partial charge in [0.05, 0.1) is 11.3 Å². The van der Waals surface area contributed by atoms with Gasteiger partial charge >= 0.3 is 5.97 Å². The highest BCUT2D eigenvalue weighted by atomic mass is 35.5. The Bertz CT molecular complexity index is 929. The van der Waals surface area contributed by atoms with Gasteiger partial charge in [0, 0.05) is 17.6 Å². The van der Waals surface area contributed by atoms with E-state index in [0.29, 0.717) is 15.5 Å². The lowest BCUT2D eigenvalue weighted by atomic mass is 10.2. The van der Waals surface area contributed by atoms with Crippen LogP contribution in [0.1, 0.15) is 10.4 Å². The monoisotopic (exact) mass is 345 g/mol. The first-order chi connectivity index (χ1) is 11.0. The van der Waals surface area contributed by atoms with Gasteiger partial charge in [-0.1, -0.05) is 41.1 Å². The number of aryl methyl sites for hydroxylation is 1. The zero-order chi connectivity index (χ0) is 16.4. The Morgan fingerprint density at radius 1 is 1.26 bits per heavy atom. The molecule has 0 aliphatic carbocycles. The standard InChI is InChI=1S/C16H12ClN3O2S/c1-20-16(18-13-4-2-3-11(9-13)15(21)22)23-14(19-20)10-5-7-12(17)8-6-10/h2-9H,1H3,(H,21,22). The summed E-state index contributed by atoms with van der Waals surface area (Å²) in [4.78, 5) is 16.2. The molecule has 0 saturated heterocycles. The Morgan fingerprint density at radius 3 is 2.70 bits per heavy atom. The zero-order valence-electron chi connectivity index (χ0n) is 12.1. The van der Waals surface area contributed by atoms with Crippen LogP contribution in [-0.2, 0) is 7.05 Å². The van der Waals surface area contributed by atoms with E-state index in [1.807, 2.05) is 24.3 Å². The third-order valence-electron chi connectivity index (χ3n) is 3.11. The predicted molar refractivity (Wildman–Crippen MR) is 90.2 cm³/mol. The zero-order valence-corrected chi connectivity index (χ0v) is 13.7. The van der Waals surface area contributed by atoms with E-state index in [1.54, 1.807) is 23.9 Å². The van der Waals surface area contributed by atoms with Crippen LogP contribution in [0, 0.1) is 0 Å². The summed E-state index contributed by atoms with van der Waals surface area (Å²) in [7, 11) is 1.80. The lowest BCUT2D eigenvalue weighted by molar-refractivity contribution is 0.0697. The van der Waals surface area contributed by atoms with Gasteiger partial charge in [-0.25, -0.2) is 14.5 Å². The van der Waals surface area contributed by atoms with E-state index in [-0.39, 0.29) is 5.56 Å². The molecule has 0 aliphatic heterocycles. The van der Waals surface area contributed by atoms with Crippen LogP contribution in [0.3, 0.4) is 0 Å². The van der Waals surface area contributed by atoms with Crippen LogP contribution < -0.4 is 4.80 Å². The largest absolute Gasteiger partial charge is 0.478 e. The molecule has 3 aromatic rings. The van der Waals surface area contributed by atoms with Crippen LogP contribution in [0.2, 0.25) is 5.02 Å². The molecule has 0 atom stereocenters. The van der Waals surface area contributed by atoms with E-state index in [0.717, 1.165) is 10.6 Å². The first-order valence-corrected chi connectivity index (χ1v) is 7.90. The third-order valence-corrected chi connectivity index (χ3v) is 4.42. The lowest BCUT2D eigenvalue weighted by Crippen LogP contribution is -2.10. The first kappa shape index (κ1) is 15.5.